The molecule has 7 nitrogen and oxygen atoms in total. The molecule has 0 unspecified atom stereocenters. The number of nitrogens with zero attached hydrogens (tertiary/aromatic N) is 5. The van der Waals surface area contributed by atoms with Gasteiger partial charge in [-0.25, -0.2) is 4.98 Å². The first-order chi connectivity index (χ1) is 14.7. The van der Waals surface area contributed by atoms with Crippen molar-refractivity contribution < 1.29 is 17.9 Å². The van der Waals surface area contributed by atoms with Crippen LogP contribution in [0.5, 0.6) is 11.6 Å². The smallest absolute Gasteiger partial charge is 0.417 e. The lowest BCUT2D eigenvalue weighted by molar-refractivity contribution is -0.136. The van der Waals surface area contributed by atoms with Gasteiger partial charge >= 0.3 is 6.18 Å². The minimum atomic E-state index is -4.56. The Bertz CT molecular complexity index is 1260. The highest BCUT2D eigenvalue weighted by atomic mass is 32.1. The second-order valence-electron chi connectivity index (χ2n) is 6.75. The van der Waals surface area contributed by atoms with Crippen LogP contribution in [-0.4, -0.2) is 26.0 Å². The highest BCUT2D eigenvalue weighted by Gasteiger charge is 2.35. The molecular formula is C20H17F3N6OS. The number of hydrazone groups is 1. The van der Waals surface area contributed by atoms with Crippen LogP contribution in [0, 0.1) is 13.8 Å². The van der Waals surface area contributed by atoms with Gasteiger partial charge in [-0.2, -0.15) is 28.4 Å². The molecule has 0 radical (unpaired) electrons. The lowest BCUT2D eigenvalue weighted by atomic mass is 10.1. The molecule has 11 heteroatoms. The molecule has 3 aromatic heterocycles. The third kappa shape index (κ3) is 4.50. The van der Waals surface area contributed by atoms with E-state index in [1.54, 1.807) is 37.5 Å². The van der Waals surface area contributed by atoms with Crippen LogP contribution in [0.2, 0.25) is 0 Å². The SMILES string of the molecule is Cc1csc(NN=Cc2ccc(Oc3cc(C(F)(F)F)c4c(C)nn(C)c4n3)cc2)n1. The summed E-state index contributed by atoms with van der Waals surface area (Å²) in [5.41, 5.74) is 4.05. The lowest BCUT2D eigenvalue weighted by Gasteiger charge is -2.11. The third-order valence-electron chi connectivity index (χ3n) is 4.35. The van der Waals surface area contributed by atoms with Crippen LogP contribution in [0.1, 0.15) is 22.5 Å². The molecule has 0 atom stereocenters. The van der Waals surface area contributed by atoms with Crippen molar-refractivity contribution in [2.75, 3.05) is 5.43 Å². The van der Waals surface area contributed by atoms with Gasteiger partial charge < -0.3 is 4.74 Å². The zero-order valence-electron chi connectivity index (χ0n) is 16.7. The van der Waals surface area contributed by atoms with Crippen LogP contribution in [0.15, 0.2) is 40.8 Å². The number of anilines is 1. The van der Waals surface area contributed by atoms with Crippen molar-refractivity contribution in [3.63, 3.8) is 0 Å². The summed E-state index contributed by atoms with van der Waals surface area (Å²) in [6, 6.07) is 7.60. The molecule has 3 heterocycles. The molecule has 0 aliphatic rings. The van der Waals surface area contributed by atoms with Gasteiger partial charge in [0.1, 0.15) is 5.75 Å². The molecule has 0 bridgehead atoms. The quantitative estimate of drug-likeness (QED) is 0.333. The lowest BCUT2D eigenvalue weighted by Crippen LogP contribution is -2.07. The predicted molar refractivity (Wildman–Crippen MR) is 113 cm³/mol. The zero-order chi connectivity index (χ0) is 22.2. The summed E-state index contributed by atoms with van der Waals surface area (Å²) >= 11 is 1.45. The van der Waals surface area contributed by atoms with Crippen LogP contribution in [-0.2, 0) is 13.2 Å². The van der Waals surface area contributed by atoms with Crippen LogP contribution in [0.3, 0.4) is 0 Å². The summed E-state index contributed by atoms with van der Waals surface area (Å²) in [4.78, 5) is 8.45. The van der Waals surface area contributed by atoms with Gasteiger partial charge in [-0.05, 0) is 43.7 Å². The fraction of sp³-hybridized carbons (Fsp3) is 0.200. The maximum absolute atomic E-state index is 13.6. The normalized spacial score (nSPS) is 12.1. The Morgan fingerprint density at radius 1 is 1.16 bits per heavy atom. The average molecular weight is 446 g/mol. The Hall–Kier alpha value is -3.47. The number of fused-ring (bicyclic) bond motifs is 1. The number of nitrogens with one attached hydrogen (secondary N) is 1. The molecule has 0 amide bonds. The Kier molecular flexibility index (Phi) is 5.36. The number of pyridine rings is 1. The van der Waals surface area contributed by atoms with Gasteiger partial charge in [-0.15, -0.1) is 11.3 Å². The van der Waals surface area contributed by atoms with E-state index in [1.807, 2.05) is 12.3 Å². The van der Waals surface area contributed by atoms with Crippen molar-refractivity contribution in [2.24, 2.45) is 12.1 Å². The summed E-state index contributed by atoms with van der Waals surface area (Å²) in [5, 5.41) is 10.7. The number of hydrogen-bond acceptors (Lipinski definition) is 7. The van der Waals surface area contributed by atoms with Gasteiger partial charge in [0.15, 0.2) is 5.65 Å². The summed E-state index contributed by atoms with van der Waals surface area (Å²) in [5.74, 6) is 0.185. The number of halogens is 3. The maximum Gasteiger partial charge on any atom is 0.417 e. The Balaban J connectivity index is 1.54. The van der Waals surface area contributed by atoms with Crippen LogP contribution >= 0.6 is 11.3 Å². The van der Waals surface area contributed by atoms with Crippen molar-refractivity contribution in [2.45, 2.75) is 20.0 Å². The molecule has 1 aromatic carbocycles. The molecular weight excluding hydrogens is 429 g/mol. The number of alkyl halides is 3. The van der Waals surface area contributed by atoms with E-state index in [2.05, 4.69) is 25.6 Å². The van der Waals surface area contributed by atoms with Crippen molar-refractivity contribution in [1.82, 2.24) is 19.7 Å². The first-order valence-corrected chi connectivity index (χ1v) is 9.99. The van der Waals surface area contributed by atoms with Crippen molar-refractivity contribution in [3.8, 4) is 11.6 Å². The van der Waals surface area contributed by atoms with Gasteiger partial charge in [0, 0.05) is 18.5 Å². The van der Waals surface area contributed by atoms with Gasteiger partial charge in [0.25, 0.3) is 0 Å². The topological polar surface area (TPSA) is 77.2 Å². The van der Waals surface area contributed by atoms with Gasteiger partial charge in [-0.3, -0.25) is 10.1 Å². The molecule has 0 saturated heterocycles. The second-order valence-corrected chi connectivity index (χ2v) is 7.61. The molecule has 31 heavy (non-hydrogen) atoms. The maximum atomic E-state index is 13.6. The van der Waals surface area contributed by atoms with Crippen LogP contribution < -0.4 is 10.2 Å². The van der Waals surface area contributed by atoms with E-state index in [-0.39, 0.29) is 22.6 Å². The fourth-order valence-corrected chi connectivity index (χ4v) is 3.64. The minimum Gasteiger partial charge on any atom is -0.439 e. The second kappa shape index (κ2) is 7.99. The Morgan fingerprint density at radius 3 is 2.55 bits per heavy atom. The van der Waals surface area contributed by atoms with E-state index in [9.17, 15) is 13.2 Å². The van der Waals surface area contributed by atoms with Crippen molar-refractivity contribution in [1.29, 1.82) is 0 Å². The number of ether oxygens (including phenoxy) is 1. The Labute approximate surface area is 179 Å². The number of aromatic nitrogens is 4. The summed E-state index contributed by atoms with van der Waals surface area (Å²) in [7, 11) is 1.54. The molecule has 0 aliphatic heterocycles. The highest BCUT2D eigenvalue weighted by Crippen LogP contribution is 2.38. The molecule has 0 aliphatic carbocycles. The minimum absolute atomic E-state index is 0.0307. The number of benzene rings is 1. The zero-order valence-corrected chi connectivity index (χ0v) is 17.5. The van der Waals surface area contributed by atoms with Crippen molar-refractivity contribution in [3.05, 3.63) is 58.2 Å². The van der Waals surface area contributed by atoms with E-state index < -0.39 is 11.7 Å². The molecule has 0 saturated carbocycles. The van der Waals surface area contributed by atoms with Crippen LogP contribution in [0.4, 0.5) is 18.3 Å². The summed E-state index contributed by atoms with van der Waals surface area (Å²) in [6.07, 6.45) is -2.96. The summed E-state index contributed by atoms with van der Waals surface area (Å²) < 4.78 is 47.6. The molecule has 4 rings (SSSR count). The third-order valence-corrected chi connectivity index (χ3v) is 5.21. The highest BCUT2D eigenvalue weighted by molar-refractivity contribution is 7.13. The van der Waals surface area contributed by atoms with Gasteiger partial charge in [0.05, 0.1) is 28.6 Å². The van der Waals surface area contributed by atoms with Crippen molar-refractivity contribution >= 4 is 33.7 Å². The van der Waals surface area contributed by atoms with E-state index in [4.69, 9.17) is 4.74 Å². The molecule has 0 spiro atoms. The molecule has 1 N–H and O–H groups in total. The first kappa shape index (κ1) is 20.8. The van der Waals surface area contributed by atoms with E-state index in [0.29, 0.717) is 10.9 Å². The first-order valence-electron chi connectivity index (χ1n) is 9.11. The standard InChI is InChI=1S/C20H17F3N6OS/c1-11-10-31-19(25-11)27-24-9-13-4-6-14(7-5-13)30-16-8-15(20(21,22)23)17-12(2)28-29(3)18(17)26-16/h4-10H,1-3H3,(H,25,27). The number of thiazole rings is 1. The predicted octanol–water partition coefficient (Wildman–Crippen LogP) is 5.30. The van der Waals surface area contributed by atoms with E-state index in [1.165, 1.54) is 22.9 Å². The van der Waals surface area contributed by atoms with E-state index >= 15 is 0 Å². The van der Waals surface area contributed by atoms with Gasteiger partial charge in [0.2, 0.25) is 11.0 Å². The van der Waals surface area contributed by atoms with Crippen LogP contribution in [0.25, 0.3) is 11.0 Å². The molecule has 160 valence electrons. The number of rotatable bonds is 5. The fourth-order valence-electron chi connectivity index (χ4n) is 3.01. The molecule has 0 fully saturated rings. The number of hydrogen-bond donors (Lipinski definition) is 1. The monoisotopic (exact) mass is 446 g/mol. The largest absolute Gasteiger partial charge is 0.439 e. The summed E-state index contributed by atoms with van der Waals surface area (Å²) in [6.45, 7) is 3.41. The average Bonchev–Trinajstić information content (AvgIpc) is 3.24. The molecule has 4 aromatic rings. The van der Waals surface area contributed by atoms with Gasteiger partial charge in [-0.1, -0.05) is 0 Å². The van der Waals surface area contributed by atoms with E-state index in [0.717, 1.165) is 17.3 Å². The Morgan fingerprint density at radius 2 is 1.90 bits per heavy atom. The number of aryl methyl sites for hydroxylation is 3.